The van der Waals surface area contributed by atoms with Crippen molar-refractivity contribution in [1.82, 2.24) is 9.80 Å². The summed E-state index contributed by atoms with van der Waals surface area (Å²) in [7, 11) is 0. The van der Waals surface area contributed by atoms with Crippen molar-refractivity contribution < 1.29 is 14.0 Å². The SMILES string of the molecule is O=C(CN1CCN(c2ccc(F)cc2)C1=O)N1CCSC(c2ccccc2Cl)CC1. The summed E-state index contributed by atoms with van der Waals surface area (Å²) < 4.78 is 13.1. The Kier molecular flexibility index (Phi) is 6.49. The van der Waals surface area contributed by atoms with Crippen molar-refractivity contribution >= 4 is 41.0 Å². The fraction of sp³-hybridized carbons (Fsp3) is 0.364. The van der Waals surface area contributed by atoms with Gasteiger partial charge in [-0.2, -0.15) is 11.8 Å². The topological polar surface area (TPSA) is 43.9 Å². The monoisotopic (exact) mass is 447 g/mol. The lowest BCUT2D eigenvalue weighted by molar-refractivity contribution is -0.131. The summed E-state index contributed by atoms with van der Waals surface area (Å²) in [4.78, 5) is 30.6. The number of hydrogen-bond acceptors (Lipinski definition) is 3. The molecule has 2 saturated heterocycles. The van der Waals surface area contributed by atoms with E-state index in [1.165, 1.54) is 12.1 Å². The van der Waals surface area contributed by atoms with E-state index in [-0.39, 0.29) is 29.6 Å². The highest BCUT2D eigenvalue weighted by molar-refractivity contribution is 7.99. The first-order valence-corrected chi connectivity index (χ1v) is 11.4. The lowest BCUT2D eigenvalue weighted by Crippen LogP contribution is -2.43. The predicted octanol–water partition coefficient (Wildman–Crippen LogP) is 4.43. The van der Waals surface area contributed by atoms with Crippen LogP contribution in [0, 0.1) is 5.82 Å². The van der Waals surface area contributed by atoms with Gasteiger partial charge >= 0.3 is 6.03 Å². The maximum Gasteiger partial charge on any atom is 0.325 e. The molecule has 1 atom stereocenters. The molecule has 0 spiro atoms. The number of carbonyl (C=O) groups is 2. The van der Waals surface area contributed by atoms with Crippen LogP contribution in [0.2, 0.25) is 5.02 Å². The molecule has 2 fully saturated rings. The maximum atomic E-state index is 13.1. The minimum absolute atomic E-state index is 0.0373. The Hall–Kier alpha value is -2.25. The van der Waals surface area contributed by atoms with Gasteiger partial charge in [-0.25, -0.2) is 9.18 Å². The van der Waals surface area contributed by atoms with Crippen LogP contribution in [0.25, 0.3) is 0 Å². The van der Waals surface area contributed by atoms with Crippen LogP contribution >= 0.6 is 23.4 Å². The number of amides is 3. The Balaban J connectivity index is 1.34. The molecule has 30 heavy (non-hydrogen) atoms. The molecule has 0 aliphatic carbocycles. The number of rotatable bonds is 4. The van der Waals surface area contributed by atoms with E-state index in [0.29, 0.717) is 31.9 Å². The summed E-state index contributed by atoms with van der Waals surface area (Å²) in [6, 6.07) is 13.5. The highest BCUT2D eigenvalue weighted by Crippen LogP contribution is 2.37. The molecule has 1 unspecified atom stereocenters. The summed E-state index contributed by atoms with van der Waals surface area (Å²) in [5.74, 6) is 0.452. The molecule has 5 nitrogen and oxygen atoms in total. The minimum atomic E-state index is -0.341. The first kappa shape index (κ1) is 21.0. The van der Waals surface area contributed by atoms with E-state index in [2.05, 4.69) is 0 Å². The van der Waals surface area contributed by atoms with Crippen molar-refractivity contribution in [1.29, 1.82) is 0 Å². The fourth-order valence-electron chi connectivity index (χ4n) is 3.86. The zero-order chi connectivity index (χ0) is 21.1. The van der Waals surface area contributed by atoms with Crippen molar-refractivity contribution in [3.63, 3.8) is 0 Å². The van der Waals surface area contributed by atoms with Gasteiger partial charge in [0, 0.05) is 47.9 Å². The zero-order valence-electron chi connectivity index (χ0n) is 16.5. The van der Waals surface area contributed by atoms with Crippen LogP contribution in [0.1, 0.15) is 17.2 Å². The predicted molar refractivity (Wildman–Crippen MR) is 119 cm³/mol. The number of thioether (sulfide) groups is 1. The highest BCUT2D eigenvalue weighted by atomic mass is 35.5. The van der Waals surface area contributed by atoms with E-state index in [4.69, 9.17) is 11.6 Å². The van der Waals surface area contributed by atoms with E-state index in [1.807, 2.05) is 40.9 Å². The van der Waals surface area contributed by atoms with Gasteiger partial charge in [0.15, 0.2) is 0 Å². The number of halogens is 2. The lowest BCUT2D eigenvalue weighted by Gasteiger charge is -2.24. The summed E-state index contributed by atoms with van der Waals surface area (Å²) >= 11 is 8.17. The average molecular weight is 448 g/mol. The van der Waals surface area contributed by atoms with Crippen molar-refractivity contribution in [2.75, 3.05) is 43.4 Å². The number of benzene rings is 2. The van der Waals surface area contributed by atoms with Gasteiger partial charge in [-0.3, -0.25) is 9.69 Å². The van der Waals surface area contributed by atoms with Crippen LogP contribution in [0.15, 0.2) is 48.5 Å². The Morgan fingerprint density at radius 1 is 1.07 bits per heavy atom. The quantitative estimate of drug-likeness (QED) is 0.696. The Morgan fingerprint density at radius 3 is 2.60 bits per heavy atom. The van der Waals surface area contributed by atoms with Crippen molar-refractivity contribution in [3.8, 4) is 0 Å². The molecule has 2 aromatic rings. The van der Waals surface area contributed by atoms with Crippen LogP contribution in [-0.2, 0) is 4.79 Å². The van der Waals surface area contributed by atoms with Crippen LogP contribution in [0.5, 0.6) is 0 Å². The third kappa shape index (κ3) is 4.57. The zero-order valence-corrected chi connectivity index (χ0v) is 18.0. The molecule has 3 amide bonds. The van der Waals surface area contributed by atoms with Gasteiger partial charge in [-0.05, 0) is 42.3 Å². The maximum absolute atomic E-state index is 13.1. The highest BCUT2D eigenvalue weighted by Gasteiger charge is 2.32. The van der Waals surface area contributed by atoms with Gasteiger partial charge in [0.25, 0.3) is 0 Å². The van der Waals surface area contributed by atoms with E-state index < -0.39 is 0 Å². The average Bonchev–Trinajstić information content (AvgIpc) is 2.95. The minimum Gasteiger partial charge on any atom is -0.340 e. The van der Waals surface area contributed by atoms with Gasteiger partial charge in [0.2, 0.25) is 5.91 Å². The van der Waals surface area contributed by atoms with Gasteiger partial charge < -0.3 is 9.80 Å². The molecule has 2 heterocycles. The summed E-state index contributed by atoms with van der Waals surface area (Å²) in [5, 5.41) is 1.03. The van der Waals surface area contributed by atoms with Crippen LogP contribution in [0.3, 0.4) is 0 Å². The van der Waals surface area contributed by atoms with Gasteiger partial charge in [-0.1, -0.05) is 29.8 Å². The summed E-state index contributed by atoms with van der Waals surface area (Å²) in [6.45, 7) is 2.34. The Morgan fingerprint density at radius 2 is 1.83 bits per heavy atom. The number of nitrogens with zero attached hydrogens (tertiary/aromatic N) is 3. The van der Waals surface area contributed by atoms with Crippen molar-refractivity contribution in [2.45, 2.75) is 11.7 Å². The molecule has 0 radical (unpaired) electrons. The van der Waals surface area contributed by atoms with Crippen molar-refractivity contribution in [2.24, 2.45) is 0 Å². The lowest BCUT2D eigenvalue weighted by atomic mass is 10.1. The van der Waals surface area contributed by atoms with Crippen molar-refractivity contribution in [3.05, 3.63) is 64.9 Å². The Bertz CT molecular complexity index is 927. The van der Waals surface area contributed by atoms with E-state index >= 15 is 0 Å². The first-order valence-electron chi connectivity index (χ1n) is 9.99. The summed E-state index contributed by atoms with van der Waals surface area (Å²) in [5.41, 5.74) is 1.76. The van der Waals surface area contributed by atoms with Gasteiger partial charge in [0.1, 0.15) is 12.4 Å². The largest absolute Gasteiger partial charge is 0.340 e. The van der Waals surface area contributed by atoms with Crippen LogP contribution in [-0.4, -0.2) is 60.2 Å². The number of hydrogen-bond donors (Lipinski definition) is 0. The molecule has 2 aromatic carbocycles. The Labute approximate surface area is 184 Å². The van der Waals surface area contributed by atoms with E-state index in [1.54, 1.807) is 21.9 Å². The molecule has 4 rings (SSSR count). The van der Waals surface area contributed by atoms with Gasteiger partial charge in [-0.15, -0.1) is 0 Å². The standard InChI is InChI=1S/C22H23ClFN3O2S/c23-19-4-2-1-3-18(19)20-9-10-25(13-14-30-20)21(28)15-26-11-12-27(22(26)29)17-7-5-16(24)6-8-17/h1-8,20H,9-15H2. The van der Waals surface area contributed by atoms with Crippen LogP contribution in [0.4, 0.5) is 14.9 Å². The molecule has 158 valence electrons. The number of urea groups is 1. The summed E-state index contributed by atoms with van der Waals surface area (Å²) in [6.07, 6.45) is 0.829. The smallest absolute Gasteiger partial charge is 0.325 e. The second-order valence-corrected chi connectivity index (χ2v) is 9.10. The third-order valence-electron chi connectivity index (χ3n) is 5.51. The normalized spacial score (nSPS) is 19.9. The molecular weight excluding hydrogens is 425 g/mol. The second kappa shape index (κ2) is 9.27. The molecule has 0 N–H and O–H groups in total. The van der Waals surface area contributed by atoms with Gasteiger partial charge in [0.05, 0.1) is 0 Å². The van der Waals surface area contributed by atoms with E-state index in [0.717, 1.165) is 22.8 Å². The molecular formula is C22H23ClFN3O2S. The molecule has 8 heteroatoms. The third-order valence-corrected chi connectivity index (χ3v) is 7.16. The van der Waals surface area contributed by atoms with Crippen LogP contribution < -0.4 is 4.90 Å². The molecule has 2 aliphatic heterocycles. The van der Waals surface area contributed by atoms with E-state index in [9.17, 15) is 14.0 Å². The second-order valence-electron chi connectivity index (χ2n) is 7.38. The molecule has 0 bridgehead atoms. The fourth-order valence-corrected chi connectivity index (χ4v) is 5.46. The molecule has 0 saturated carbocycles. The molecule has 2 aliphatic rings. The number of carbonyl (C=O) groups excluding carboxylic acids is 2. The number of anilines is 1. The molecule has 0 aromatic heterocycles. The first-order chi connectivity index (χ1) is 14.5.